The molecule has 0 bridgehead atoms. The highest BCUT2D eigenvalue weighted by Gasteiger charge is 2.33. The van der Waals surface area contributed by atoms with Crippen LogP contribution in [0.5, 0.6) is 0 Å². The van der Waals surface area contributed by atoms with Crippen LogP contribution in [0.15, 0.2) is 18.2 Å². The Morgan fingerprint density at radius 2 is 0.917 bits per heavy atom. The second-order valence-electron chi connectivity index (χ2n) is 10.6. The van der Waals surface area contributed by atoms with Crippen molar-refractivity contribution < 1.29 is 19.2 Å². The highest BCUT2D eigenvalue weighted by molar-refractivity contribution is 5.96. The monoisotopic (exact) mass is 495 g/mol. The summed E-state index contributed by atoms with van der Waals surface area (Å²) in [6, 6.07) is 5.02. The van der Waals surface area contributed by atoms with Gasteiger partial charge in [-0.2, -0.15) is 0 Å². The minimum absolute atomic E-state index is 0.00620. The number of carbonyl (C=O) groups is 4. The molecule has 0 spiro atoms. The van der Waals surface area contributed by atoms with E-state index in [4.69, 9.17) is 0 Å². The van der Waals surface area contributed by atoms with Crippen molar-refractivity contribution in [3.8, 4) is 0 Å². The Morgan fingerprint density at radius 3 is 1.28 bits per heavy atom. The fraction of sp³-hybridized carbons (Fsp3) is 0.667. The SMILES string of the molecule is O=C(c1cccc(C(=O)N2CCC(C(=O)N3CCCC3)CC2)n1)N1CCC(C(=O)N2CCCC2)CC1. The molecule has 5 rings (SSSR count). The third kappa shape index (κ3) is 5.25. The lowest BCUT2D eigenvalue weighted by Gasteiger charge is -2.33. The number of nitrogens with zero attached hydrogens (tertiary/aromatic N) is 5. The van der Waals surface area contributed by atoms with E-state index in [1.165, 1.54) is 0 Å². The van der Waals surface area contributed by atoms with Gasteiger partial charge in [-0.05, 0) is 63.5 Å². The number of pyridine rings is 1. The number of hydrogen-bond acceptors (Lipinski definition) is 5. The summed E-state index contributed by atoms with van der Waals surface area (Å²) in [7, 11) is 0. The average Bonchev–Trinajstić information content (AvgIpc) is 3.67. The second-order valence-corrected chi connectivity index (χ2v) is 10.6. The quantitative estimate of drug-likeness (QED) is 0.637. The van der Waals surface area contributed by atoms with Crippen molar-refractivity contribution in [1.82, 2.24) is 24.6 Å². The highest BCUT2D eigenvalue weighted by atomic mass is 16.2. The van der Waals surface area contributed by atoms with Crippen LogP contribution >= 0.6 is 0 Å². The van der Waals surface area contributed by atoms with Gasteiger partial charge in [0.25, 0.3) is 11.8 Å². The molecule has 0 unspecified atom stereocenters. The standard InChI is InChI=1S/C27H37N5O4/c33-24(29-12-1-2-13-29)20-8-16-31(17-9-20)26(35)22-6-5-7-23(28-22)27(36)32-18-10-21(11-19-32)25(34)30-14-3-4-15-30/h5-7,20-21H,1-4,8-19H2. The summed E-state index contributed by atoms with van der Waals surface area (Å²) < 4.78 is 0. The van der Waals surface area contributed by atoms with Gasteiger partial charge in [0, 0.05) is 64.2 Å². The predicted octanol–water partition coefficient (Wildman–Crippen LogP) is 2.03. The molecule has 0 aromatic carbocycles. The summed E-state index contributed by atoms with van der Waals surface area (Å²) in [5.41, 5.74) is 0.536. The Balaban J connectivity index is 1.14. The predicted molar refractivity (Wildman–Crippen MR) is 133 cm³/mol. The van der Waals surface area contributed by atoms with E-state index < -0.39 is 0 Å². The maximum absolute atomic E-state index is 13.1. The third-order valence-corrected chi connectivity index (χ3v) is 8.29. The summed E-state index contributed by atoms with van der Waals surface area (Å²) in [5, 5.41) is 0. The van der Waals surface area contributed by atoms with Gasteiger partial charge < -0.3 is 19.6 Å². The number of amides is 4. The molecule has 9 nitrogen and oxygen atoms in total. The Kier molecular flexibility index (Phi) is 7.53. The molecule has 4 aliphatic heterocycles. The molecule has 4 saturated heterocycles. The first kappa shape index (κ1) is 24.7. The molecule has 0 radical (unpaired) electrons. The zero-order valence-electron chi connectivity index (χ0n) is 21.1. The molecule has 36 heavy (non-hydrogen) atoms. The van der Waals surface area contributed by atoms with Crippen molar-refractivity contribution in [3.05, 3.63) is 29.6 Å². The van der Waals surface area contributed by atoms with E-state index in [1.807, 2.05) is 9.80 Å². The Hall–Kier alpha value is -2.97. The van der Waals surface area contributed by atoms with E-state index in [0.29, 0.717) is 51.9 Å². The molecule has 0 saturated carbocycles. The van der Waals surface area contributed by atoms with Crippen molar-refractivity contribution in [2.75, 3.05) is 52.4 Å². The Bertz CT molecular complexity index is 910. The van der Waals surface area contributed by atoms with Gasteiger partial charge in [-0.15, -0.1) is 0 Å². The van der Waals surface area contributed by atoms with E-state index in [-0.39, 0.29) is 46.9 Å². The van der Waals surface area contributed by atoms with Gasteiger partial charge in [-0.25, -0.2) is 4.98 Å². The Labute approximate surface area is 212 Å². The van der Waals surface area contributed by atoms with Crippen LogP contribution in [0.2, 0.25) is 0 Å². The van der Waals surface area contributed by atoms with E-state index >= 15 is 0 Å². The summed E-state index contributed by atoms with van der Waals surface area (Å²) in [5.74, 6) is 0.0762. The van der Waals surface area contributed by atoms with Crippen LogP contribution in [0.1, 0.15) is 72.3 Å². The van der Waals surface area contributed by atoms with Gasteiger partial charge in [0.15, 0.2) is 0 Å². The smallest absolute Gasteiger partial charge is 0.272 e. The maximum atomic E-state index is 13.1. The van der Waals surface area contributed by atoms with Gasteiger partial charge in [-0.3, -0.25) is 19.2 Å². The summed E-state index contributed by atoms with van der Waals surface area (Å²) in [6.45, 7) is 5.54. The minimum Gasteiger partial charge on any atom is -0.342 e. The topological polar surface area (TPSA) is 94.1 Å². The van der Waals surface area contributed by atoms with E-state index in [0.717, 1.165) is 51.9 Å². The molecule has 0 N–H and O–H groups in total. The molecule has 1 aromatic heterocycles. The van der Waals surface area contributed by atoms with Crippen LogP contribution in [0, 0.1) is 11.8 Å². The minimum atomic E-state index is -0.188. The Morgan fingerprint density at radius 1 is 0.556 bits per heavy atom. The molecular formula is C27H37N5O4. The summed E-state index contributed by atoms with van der Waals surface area (Å²) in [6.07, 6.45) is 7.01. The second kappa shape index (κ2) is 11.0. The molecule has 0 atom stereocenters. The van der Waals surface area contributed by atoms with Crippen LogP contribution in [0.25, 0.3) is 0 Å². The lowest BCUT2D eigenvalue weighted by Crippen LogP contribution is -2.44. The first-order chi connectivity index (χ1) is 17.5. The third-order valence-electron chi connectivity index (χ3n) is 8.29. The normalized spacial score (nSPS) is 21.8. The summed E-state index contributed by atoms with van der Waals surface area (Å²) in [4.78, 5) is 63.5. The van der Waals surface area contributed by atoms with Crippen molar-refractivity contribution in [1.29, 1.82) is 0 Å². The molecule has 4 fully saturated rings. The number of rotatable bonds is 4. The fourth-order valence-corrected chi connectivity index (χ4v) is 6.05. The molecule has 5 heterocycles. The number of piperidine rings is 2. The molecule has 9 heteroatoms. The van der Waals surface area contributed by atoms with Crippen molar-refractivity contribution in [2.24, 2.45) is 11.8 Å². The van der Waals surface area contributed by atoms with Crippen LogP contribution in [0.3, 0.4) is 0 Å². The van der Waals surface area contributed by atoms with Gasteiger partial charge in [0.1, 0.15) is 11.4 Å². The molecule has 1 aromatic rings. The van der Waals surface area contributed by atoms with Crippen molar-refractivity contribution in [2.45, 2.75) is 51.4 Å². The van der Waals surface area contributed by atoms with Gasteiger partial charge in [-0.1, -0.05) is 6.07 Å². The zero-order chi connectivity index (χ0) is 25.1. The average molecular weight is 496 g/mol. The van der Waals surface area contributed by atoms with Crippen molar-refractivity contribution in [3.63, 3.8) is 0 Å². The maximum Gasteiger partial charge on any atom is 0.272 e. The summed E-state index contributed by atoms with van der Waals surface area (Å²) >= 11 is 0. The lowest BCUT2D eigenvalue weighted by molar-refractivity contribution is -0.136. The van der Waals surface area contributed by atoms with Gasteiger partial charge in [0.05, 0.1) is 0 Å². The number of carbonyl (C=O) groups excluding carboxylic acids is 4. The van der Waals surface area contributed by atoms with Crippen LogP contribution in [-0.2, 0) is 9.59 Å². The lowest BCUT2D eigenvalue weighted by atomic mass is 9.95. The largest absolute Gasteiger partial charge is 0.342 e. The van der Waals surface area contributed by atoms with E-state index in [1.54, 1.807) is 28.0 Å². The van der Waals surface area contributed by atoms with Gasteiger partial charge in [0.2, 0.25) is 11.8 Å². The number of aromatic nitrogens is 1. The number of likely N-dealkylation sites (tertiary alicyclic amines) is 4. The molecular weight excluding hydrogens is 458 g/mol. The van der Waals surface area contributed by atoms with E-state index in [2.05, 4.69) is 4.98 Å². The molecule has 194 valence electrons. The molecule has 4 aliphatic rings. The van der Waals surface area contributed by atoms with Crippen LogP contribution in [0.4, 0.5) is 0 Å². The first-order valence-electron chi connectivity index (χ1n) is 13.6. The van der Waals surface area contributed by atoms with Crippen molar-refractivity contribution >= 4 is 23.6 Å². The fourth-order valence-electron chi connectivity index (χ4n) is 6.05. The molecule has 4 amide bonds. The van der Waals surface area contributed by atoms with E-state index in [9.17, 15) is 19.2 Å². The van der Waals surface area contributed by atoms with Gasteiger partial charge >= 0.3 is 0 Å². The molecule has 0 aliphatic carbocycles. The highest BCUT2D eigenvalue weighted by Crippen LogP contribution is 2.25. The first-order valence-corrected chi connectivity index (χ1v) is 13.6. The van der Waals surface area contributed by atoms with Crippen LogP contribution < -0.4 is 0 Å². The number of hydrogen-bond donors (Lipinski definition) is 0. The zero-order valence-corrected chi connectivity index (χ0v) is 21.1. The van der Waals surface area contributed by atoms with Crippen LogP contribution in [-0.4, -0.2) is 101 Å².